The Morgan fingerprint density at radius 1 is 0.549 bits per heavy atom. The molecule has 2 heterocycles. The van der Waals surface area contributed by atoms with Crippen molar-refractivity contribution in [2.24, 2.45) is 23.3 Å². The molecule has 2 aliphatic heterocycles. The maximum absolute atomic E-state index is 13.1. The lowest BCUT2D eigenvalue weighted by Gasteiger charge is -2.19. The van der Waals surface area contributed by atoms with E-state index >= 15 is 0 Å². The van der Waals surface area contributed by atoms with E-state index in [1.807, 2.05) is 11.8 Å². The topological polar surface area (TPSA) is 339 Å². The molecule has 406 valence electrons. The highest BCUT2D eigenvalue weighted by atomic mass is 32.2. The zero-order chi connectivity index (χ0) is 52.1. The van der Waals surface area contributed by atoms with E-state index in [0.717, 1.165) is 37.9 Å². The second kappa shape index (κ2) is 38.8. The third-order valence-corrected chi connectivity index (χ3v) is 13.4. The van der Waals surface area contributed by atoms with Crippen LogP contribution in [0.25, 0.3) is 0 Å². The molecular weight excluding hydrogens is 945 g/mol. The van der Waals surface area contributed by atoms with E-state index in [9.17, 15) is 43.2 Å². The summed E-state index contributed by atoms with van der Waals surface area (Å²) in [5.74, 6) is -1.64. The molecule has 0 saturated carbocycles. The molecule has 0 aliphatic carbocycles. The Kier molecular flexibility index (Phi) is 34.1. The second-order valence-corrected chi connectivity index (χ2v) is 19.2. The van der Waals surface area contributed by atoms with Crippen LogP contribution in [0.2, 0.25) is 0 Å². The van der Waals surface area contributed by atoms with Gasteiger partial charge in [-0.25, -0.2) is 4.79 Å². The molecule has 0 radical (unpaired) electrons. The molecule has 71 heavy (non-hydrogen) atoms. The Morgan fingerprint density at radius 2 is 1.03 bits per heavy atom. The van der Waals surface area contributed by atoms with E-state index in [1.54, 1.807) is 13.8 Å². The van der Waals surface area contributed by atoms with Crippen LogP contribution in [-0.2, 0) is 57.3 Å². The Morgan fingerprint density at radius 3 is 1.59 bits per heavy atom. The molecule has 0 unspecified atom stereocenters. The summed E-state index contributed by atoms with van der Waals surface area (Å²) in [5.41, 5.74) is 10.6. The summed E-state index contributed by atoms with van der Waals surface area (Å²) in [5, 5.41) is 23.0. The van der Waals surface area contributed by atoms with E-state index in [0.29, 0.717) is 76.3 Å². The predicted molar refractivity (Wildman–Crippen MR) is 266 cm³/mol. The first-order valence-corrected chi connectivity index (χ1v) is 26.4. The lowest BCUT2D eigenvalue weighted by atomic mass is 10.0. The molecule has 10 amide bonds. The number of hydrogen-bond donors (Lipinski definition) is 10. The summed E-state index contributed by atoms with van der Waals surface area (Å²) in [6.07, 6.45) is 9.15. The van der Waals surface area contributed by atoms with Gasteiger partial charge in [0.05, 0.1) is 51.7 Å². The summed E-state index contributed by atoms with van der Waals surface area (Å²) in [7, 11) is 0. The van der Waals surface area contributed by atoms with E-state index < -0.39 is 6.04 Å². The predicted octanol–water partition coefficient (Wildman–Crippen LogP) is -0.232. The van der Waals surface area contributed by atoms with Crippen LogP contribution < -0.4 is 54.0 Å². The zero-order valence-corrected chi connectivity index (χ0v) is 42.9. The Labute approximate surface area is 423 Å². The molecule has 23 nitrogen and oxygen atoms in total. The smallest absolute Gasteiger partial charge is 0.315 e. The highest BCUT2D eigenvalue weighted by Gasteiger charge is 2.42. The van der Waals surface area contributed by atoms with Crippen LogP contribution in [0.3, 0.4) is 0 Å². The van der Waals surface area contributed by atoms with Crippen LogP contribution in [0.1, 0.15) is 117 Å². The van der Waals surface area contributed by atoms with Crippen LogP contribution in [-0.4, -0.2) is 168 Å². The Balaban J connectivity index is 1.45. The molecule has 2 saturated heterocycles. The van der Waals surface area contributed by atoms with Crippen molar-refractivity contribution in [1.29, 1.82) is 0 Å². The maximum Gasteiger partial charge on any atom is 0.315 e. The van der Waals surface area contributed by atoms with Crippen LogP contribution in [0.15, 0.2) is 0 Å². The van der Waals surface area contributed by atoms with Gasteiger partial charge in [-0.05, 0) is 64.2 Å². The molecule has 12 N–H and O–H groups in total. The fraction of sp³-hybridized carbons (Fsp3) is 0.809. The van der Waals surface area contributed by atoms with Crippen molar-refractivity contribution in [2.45, 2.75) is 140 Å². The molecule has 2 aliphatic rings. The monoisotopic (exact) mass is 1030 g/mol. The number of ether oxygens (including phenoxy) is 4. The number of unbranched alkanes of at least 4 members (excludes halogenated alkanes) is 4. The number of urea groups is 1. The lowest BCUT2D eigenvalue weighted by Crippen LogP contribution is -2.47. The minimum atomic E-state index is -0.731. The highest BCUT2D eigenvalue weighted by Crippen LogP contribution is 2.33. The summed E-state index contributed by atoms with van der Waals surface area (Å²) in [6.45, 7) is 6.57. The van der Waals surface area contributed by atoms with Crippen LogP contribution >= 0.6 is 11.8 Å². The van der Waals surface area contributed by atoms with Gasteiger partial charge in [-0.15, -0.1) is 0 Å². The normalized spacial score (nSPS) is 17.2. The van der Waals surface area contributed by atoms with Gasteiger partial charge in [0.15, 0.2) is 0 Å². The zero-order valence-electron chi connectivity index (χ0n) is 42.0. The number of nitrogens with one attached hydrogen (secondary N) is 8. The van der Waals surface area contributed by atoms with E-state index in [2.05, 4.69) is 42.5 Å². The van der Waals surface area contributed by atoms with Crippen molar-refractivity contribution in [3.8, 4) is 0 Å². The van der Waals surface area contributed by atoms with E-state index in [1.165, 1.54) is 0 Å². The molecule has 2 rings (SSSR count). The number of hydrogen-bond acceptors (Lipinski definition) is 14. The summed E-state index contributed by atoms with van der Waals surface area (Å²) >= 11 is 1.83. The maximum atomic E-state index is 13.1. The minimum Gasteiger partial charge on any atom is -0.377 e. The highest BCUT2D eigenvalue weighted by molar-refractivity contribution is 8.00. The third-order valence-electron chi connectivity index (χ3n) is 11.8. The number of thioether (sulfide) groups is 1. The van der Waals surface area contributed by atoms with Gasteiger partial charge in [-0.3, -0.25) is 38.4 Å². The third kappa shape index (κ3) is 31.3. The van der Waals surface area contributed by atoms with Gasteiger partial charge in [0.25, 0.3) is 0 Å². The first-order chi connectivity index (χ1) is 34.2. The van der Waals surface area contributed by atoms with Crippen LogP contribution in [0, 0.1) is 11.8 Å². The van der Waals surface area contributed by atoms with Gasteiger partial charge in [0, 0.05) is 74.8 Å². The molecule has 0 spiro atoms. The summed E-state index contributed by atoms with van der Waals surface area (Å²) in [4.78, 5) is 108. The number of carbonyl (C=O) groups is 9. The molecule has 0 bridgehead atoms. The molecule has 24 heteroatoms. The number of nitrogens with two attached hydrogens (primary N) is 2. The van der Waals surface area contributed by atoms with E-state index in [4.69, 9.17) is 30.4 Å². The number of amides is 10. The van der Waals surface area contributed by atoms with Crippen molar-refractivity contribution >= 4 is 65.1 Å². The van der Waals surface area contributed by atoms with Gasteiger partial charge in [0.2, 0.25) is 47.3 Å². The fourth-order valence-electron chi connectivity index (χ4n) is 7.49. The first-order valence-electron chi connectivity index (χ1n) is 25.4. The average Bonchev–Trinajstić information content (AvgIpc) is 3.89. The van der Waals surface area contributed by atoms with Crippen LogP contribution in [0.4, 0.5) is 4.79 Å². The van der Waals surface area contributed by atoms with Gasteiger partial charge in [-0.2, -0.15) is 11.8 Å². The number of primary amides is 2. The van der Waals surface area contributed by atoms with Crippen molar-refractivity contribution in [3.05, 3.63) is 0 Å². The summed E-state index contributed by atoms with van der Waals surface area (Å²) in [6, 6.07) is -0.592. The first kappa shape index (κ1) is 62.3. The molecule has 0 aromatic heterocycles. The van der Waals surface area contributed by atoms with Crippen molar-refractivity contribution in [2.75, 3.05) is 91.3 Å². The average molecular weight is 1030 g/mol. The SMILES string of the molecule is C[C@@H](CCCCNC(=O)COCCOCCNC(=O)COCCOCCNC(=O)CCCC(=O)NCCCC[C@H](NC(=O)CCCC[C@@H]1SC[C@@H]2NC(=O)N[C@@H]21)C(=O)NCCCC[C@H](C)C(N)=O)C(N)=O. The Bertz CT molecular complexity index is 1630. The van der Waals surface area contributed by atoms with Gasteiger partial charge >= 0.3 is 6.03 Å². The fourth-order valence-corrected chi connectivity index (χ4v) is 9.04. The van der Waals surface area contributed by atoms with Crippen LogP contribution in [0.5, 0.6) is 0 Å². The number of carbonyl (C=O) groups excluding carboxylic acids is 9. The van der Waals surface area contributed by atoms with Crippen molar-refractivity contribution in [3.63, 3.8) is 0 Å². The molecule has 6 atom stereocenters. The minimum absolute atomic E-state index is 0.0863. The van der Waals surface area contributed by atoms with Crippen molar-refractivity contribution < 1.29 is 62.1 Å². The largest absolute Gasteiger partial charge is 0.377 e. The van der Waals surface area contributed by atoms with Gasteiger partial charge in [-0.1, -0.05) is 33.1 Å². The number of rotatable bonds is 44. The molecule has 0 aromatic rings. The van der Waals surface area contributed by atoms with Crippen molar-refractivity contribution in [1.82, 2.24) is 42.5 Å². The van der Waals surface area contributed by atoms with Gasteiger partial charge in [0.1, 0.15) is 19.3 Å². The Hall–Kier alpha value is -4.78. The number of fused-ring (bicyclic) bond motifs is 1. The summed E-state index contributed by atoms with van der Waals surface area (Å²) < 4.78 is 21.4. The lowest BCUT2D eigenvalue weighted by molar-refractivity contribution is -0.129. The molecular formula is C47H84N10O13S. The molecule has 0 aromatic carbocycles. The van der Waals surface area contributed by atoms with Gasteiger partial charge < -0.3 is 72.9 Å². The second-order valence-electron chi connectivity index (χ2n) is 18.0. The molecule has 2 fully saturated rings. The standard InChI is InChI=1S/C47H84N10O13S/c1-33(44(48)63)12-5-8-20-51-41(61)30-69-28-27-68-25-23-53-42(62)31-70-29-26-67-24-22-52-39(59)18-11-17-38(58)50-19-10-7-14-35(46(65)54-21-9-6-13-34(2)45(49)64)55-40(60)16-4-3-15-37-43-36(32-71-37)56-47(66)57-43/h33-37,43H,3-32H2,1-2H3,(H2,48,63)(H2,49,64)(H,50,58)(H,51,61)(H,52,59)(H,53,62)(H,54,65)(H,55,60)(H2,56,57,66)/t33-,34-,35-,36-,37-,43-/m0/s1. The van der Waals surface area contributed by atoms with E-state index in [-0.39, 0.29) is 162 Å². The quantitative estimate of drug-likeness (QED) is 0.0279.